The molecule has 0 bridgehead atoms. The highest BCUT2D eigenvalue weighted by molar-refractivity contribution is 8.20. The van der Waals surface area contributed by atoms with E-state index in [0.717, 1.165) is 16.1 Å². The zero-order valence-electron chi connectivity index (χ0n) is 7.43. The van der Waals surface area contributed by atoms with Gasteiger partial charge in [0.2, 0.25) is 0 Å². The first-order chi connectivity index (χ1) is 6.27. The summed E-state index contributed by atoms with van der Waals surface area (Å²) in [5.74, 6) is 4.97. The quantitative estimate of drug-likeness (QED) is 0.659. The van der Waals surface area contributed by atoms with Crippen LogP contribution in [0.1, 0.15) is 6.42 Å². The summed E-state index contributed by atoms with van der Waals surface area (Å²) in [4.78, 5) is 0. The molecule has 1 aliphatic heterocycles. The normalized spacial score (nSPS) is 21.2. The van der Waals surface area contributed by atoms with Crippen LogP contribution in [0.3, 0.4) is 0 Å². The lowest BCUT2D eigenvalue weighted by atomic mass is 10.1. The van der Waals surface area contributed by atoms with Gasteiger partial charge in [0, 0.05) is 16.8 Å². The fraction of sp³-hybridized carbons (Fsp3) is 1.00. The van der Waals surface area contributed by atoms with Gasteiger partial charge in [0.15, 0.2) is 0 Å². The third-order valence-corrected chi connectivity index (χ3v) is 6.79. The van der Waals surface area contributed by atoms with Crippen molar-refractivity contribution in [1.29, 1.82) is 0 Å². The number of hydrogen-bond donors (Lipinski definition) is 3. The first kappa shape index (κ1) is 12.8. The Morgan fingerprint density at radius 2 is 1.69 bits per heavy atom. The van der Waals surface area contributed by atoms with Gasteiger partial charge in [0.25, 0.3) is 0 Å². The van der Waals surface area contributed by atoms with E-state index in [0.29, 0.717) is 11.2 Å². The van der Waals surface area contributed by atoms with Crippen LogP contribution in [-0.2, 0) is 0 Å². The molecule has 13 heavy (non-hydrogen) atoms. The van der Waals surface area contributed by atoms with Crippen molar-refractivity contribution in [2.45, 2.75) is 16.3 Å². The SMILES string of the molecule is SCC(CS)C(S)CC1SCCS1. The maximum absolute atomic E-state index is 4.64. The summed E-state index contributed by atoms with van der Waals surface area (Å²) >= 11 is 17.4. The summed E-state index contributed by atoms with van der Waals surface area (Å²) in [6.45, 7) is 0. The van der Waals surface area contributed by atoms with Gasteiger partial charge >= 0.3 is 0 Å². The lowest BCUT2D eigenvalue weighted by Crippen LogP contribution is -2.21. The minimum absolute atomic E-state index is 0.470. The summed E-state index contributed by atoms with van der Waals surface area (Å²) in [7, 11) is 0. The molecule has 5 heteroatoms. The van der Waals surface area contributed by atoms with Crippen LogP contribution in [0.25, 0.3) is 0 Å². The van der Waals surface area contributed by atoms with Crippen LogP contribution in [0, 0.1) is 5.92 Å². The molecule has 1 aliphatic rings. The van der Waals surface area contributed by atoms with Gasteiger partial charge < -0.3 is 0 Å². The molecule has 0 aromatic rings. The molecule has 1 saturated heterocycles. The highest BCUT2D eigenvalue weighted by atomic mass is 32.2. The summed E-state index contributed by atoms with van der Waals surface area (Å²) in [6.07, 6.45) is 1.20. The fourth-order valence-corrected chi connectivity index (χ4v) is 6.19. The largest absolute Gasteiger partial charge is 0.179 e. The van der Waals surface area contributed by atoms with E-state index < -0.39 is 0 Å². The molecule has 78 valence electrons. The van der Waals surface area contributed by atoms with Crippen molar-refractivity contribution >= 4 is 61.4 Å². The Morgan fingerprint density at radius 3 is 2.15 bits per heavy atom. The van der Waals surface area contributed by atoms with Gasteiger partial charge in [-0.05, 0) is 23.8 Å². The van der Waals surface area contributed by atoms with Crippen LogP contribution < -0.4 is 0 Å². The lowest BCUT2D eigenvalue weighted by molar-refractivity contribution is 0.616. The van der Waals surface area contributed by atoms with E-state index in [1.54, 1.807) is 0 Å². The van der Waals surface area contributed by atoms with Crippen LogP contribution >= 0.6 is 61.4 Å². The minimum atomic E-state index is 0.470. The third-order valence-electron chi connectivity index (χ3n) is 2.14. The topological polar surface area (TPSA) is 0 Å². The Bertz CT molecular complexity index is 130. The Hall–Kier alpha value is 1.75. The highest BCUT2D eigenvalue weighted by Gasteiger charge is 2.23. The molecule has 1 unspecified atom stereocenters. The molecule has 0 aromatic carbocycles. The number of hydrogen-bond acceptors (Lipinski definition) is 5. The van der Waals surface area contributed by atoms with Gasteiger partial charge in [-0.2, -0.15) is 37.9 Å². The minimum Gasteiger partial charge on any atom is -0.179 e. The molecule has 1 heterocycles. The Kier molecular flexibility index (Phi) is 7.00. The summed E-state index contributed by atoms with van der Waals surface area (Å²) in [6, 6.07) is 0. The Balaban J connectivity index is 2.25. The molecule has 1 atom stereocenters. The van der Waals surface area contributed by atoms with Gasteiger partial charge in [-0.1, -0.05) is 0 Å². The molecule has 0 saturated carbocycles. The average Bonchev–Trinajstić information content (AvgIpc) is 2.59. The zero-order chi connectivity index (χ0) is 9.68. The molecular weight excluding hydrogens is 256 g/mol. The predicted molar refractivity (Wildman–Crippen MR) is 77.3 cm³/mol. The van der Waals surface area contributed by atoms with Crippen LogP contribution in [0.4, 0.5) is 0 Å². The second-order valence-electron chi connectivity index (χ2n) is 3.10. The second kappa shape index (κ2) is 7.09. The summed E-state index contributed by atoms with van der Waals surface area (Å²) in [5.41, 5.74) is 0. The van der Waals surface area contributed by atoms with E-state index in [1.807, 2.05) is 0 Å². The van der Waals surface area contributed by atoms with E-state index in [9.17, 15) is 0 Å². The van der Waals surface area contributed by atoms with Crippen LogP contribution in [-0.4, -0.2) is 32.8 Å². The van der Waals surface area contributed by atoms with E-state index in [2.05, 4.69) is 61.4 Å². The van der Waals surface area contributed by atoms with Crippen molar-refractivity contribution in [3.63, 3.8) is 0 Å². The van der Waals surface area contributed by atoms with E-state index in [1.165, 1.54) is 17.9 Å². The Morgan fingerprint density at radius 1 is 1.15 bits per heavy atom. The molecule has 1 fully saturated rings. The van der Waals surface area contributed by atoms with Crippen molar-refractivity contribution in [3.05, 3.63) is 0 Å². The third kappa shape index (κ3) is 4.41. The number of rotatable bonds is 5. The molecular formula is C8H16S5. The summed E-state index contributed by atoms with van der Waals surface area (Å²) < 4.78 is 0.768. The number of thiol groups is 3. The van der Waals surface area contributed by atoms with E-state index in [4.69, 9.17) is 0 Å². The standard InChI is InChI=1S/C8H16S5/c9-4-6(5-10)7(11)3-8-12-1-2-13-8/h6-11H,1-5H2. The van der Waals surface area contributed by atoms with Crippen molar-refractivity contribution < 1.29 is 0 Å². The van der Waals surface area contributed by atoms with Gasteiger partial charge in [0.1, 0.15) is 0 Å². The van der Waals surface area contributed by atoms with Crippen molar-refractivity contribution in [2.75, 3.05) is 23.0 Å². The molecule has 0 aliphatic carbocycles. The first-order valence-corrected chi connectivity index (χ1v) is 8.28. The molecule has 1 rings (SSSR count). The van der Waals surface area contributed by atoms with Gasteiger partial charge in [-0.3, -0.25) is 0 Å². The van der Waals surface area contributed by atoms with Crippen LogP contribution in [0.2, 0.25) is 0 Å². The molecule has 0 spiro atoms. The fourth-order valence-electron chi connectivity index (χ4n) is 1.23. The highest BCUT2D eigenvalue weighted by Crippen LogP contribution is 2.37. The van der Waals surface area contributed by atoms with Gasteiger partial charge in [-0.15, -0.1) is 23.5 Å². The Labute approximate surface area is 106 Å². The average molecular weight is 273 g/mol. The smallest absolute Gasteiger partial charge is 0.0513 e. The van der Waals surface area contributed by atoms with Gasteiger partial charge in [-0.25, -0.2) is 0 Å². The zero-order valence-corrected chi connectivity index (χ0v) is 11.7. The molecule has 0 amide bonds. The van der Waals surface area contributed by atoms with E-state index in [-0.39, 0.29) is 0 Å². The molecule has 0 N–H and O–H groups in total. The van der Waals surface area contributed by atoms with Crippen molar-refractivity contribution in [1.82, 2.24) is 0 Å². The van der Waals surface area contributed by atoms with Gasteiger partial charge in [0.05, 0.1) is 4.58 Å². The predicted octanol–water partition coefficient (Wildman–Crippen LogP) is 2.96. The first-order valence-electron chi connectivity index (χ1n) is 4.41. The van der Waals surface area contributed by atoms with E-state index >= 15 is 0 Å². The monoisotopic (exact) mass is 272 g/mol. The maximum atomic E-state index is 4.64. The van der Waals surface area contributed by atoms with Crippen molar-refractivity contribution in [3.8, 4) is 0 Å². The molecule has 0 nitrogen and oxygen atoms in total. The molecule has 0 radical (unpaired) electrons. The lowest BCUT2D eigenvalue weighted by Gasteiger charge is -2.21. The summed E-state index contributed by atoms with van der Waals surface area (Å²) in [5, 5.41) is 0.470. The van der Waals surface area contributed by atoms with Crippen LogP contribution in [0.5, 0.6) is 0 Å². The second-order valence-corrected chi connectivity index (χ2v) is 7.41. The van der Waals surface area contributed by atoms with Crippen LogP contribution in [0.15, 0.2) is 0 Å². The molecule has 0 aromatic heterocycles. The number of thioether (sulfide) groups is 2. The van der Waals surface area contributed by atoms with Crippen molar-refractivity contribution in [2.24, 2.45) is 5.92 Å². The maximum Gasteiger partial charge on any atom is 0.0513 e.